The predicted octanol–water partition coefficient (Wildman–Crippen LogP) is 4.42. The minimum Gasteiger partial charge on any atom is -0.475 e. The number of benzene rings is 1. The number of hydrogen-bond acceptors (Lipinski definition) is 6. The van der Waals surface area contributed by atoms with E-state index in [-0.39, 0.29) is 0 Å². The zero-order valence-corrected chi connectivity index (χ0v) is 19.6. The Morgan fingerprint density at radius 1 is 1.03 bits per heavy atom. The minimum atomic E-state index is -5.08. The highest BCUT2D eigenvalue weighted by molar-refractivity contribution is 5.78. The molecule has 200 valence electrons. The van der Waals surface area contributed by atoms with E-state index in [0.29, 0.717) is 0 Å². The van der Waals surface area contributed by atoms with Gasteiger partial charge in [-0.05, 0) is 45.9 Å². The van der Waals surface area contributed by atoms with Crippen LogP contribution in [-0.2, 0) is 22.6 Å². The number of hydrogen-bond donors (Lipinski definition) is 3. The second-order valence-corrected chi connectivity index (χ2v) is 7.55. The number of halogens is 6. The Hall–Kier alpha value is -3.62. The van der Waals surface area contributed by atoms with Crippen LogP contribution >= 0.6 is 0 Å². The van der Waals surface area contributed by atoms with Gasteiger partial charge in [-0.25, -0.2) is 14.6 Å². The molecular weight excluding hydrogens is 502 g/mol. The average molecular weight is 526 g/mol. The molecule has 0 fully saturated rings. The van der Waals surface area contributed by atoms with Crippen LogP contribution in [0.25, 0.3) is 11.0 Å². The number of aromatic amines is 1. The molecule has 3 N–H and O–H groups in total. The maximum Gasteiger partial charge on any atom is 0.490 e. The van der Waals surface area contributed by atoms with Crippen LogP contribution in [0.2, 0.25) is 0 Å². The maximum absolute atomic E-state index is 10.6. The summed E-state index contributed by atoms with van der Waals surface area (Å²) in [4.78, 5) is 28.2. The molecule has 0 unspecified atom stereocenters. The number of fused-ring (bicyclic) bond motifs is 1. The molecule has 3 aromatic rings. The normalized spacial score (nSPS) is 11.5. The molecule has 0 radical (unpaired) electrons. The van der Waals surface area contributed by atoms with E-state index in [0.717, 1.165) is 47.8 Å². The molecule has 0 atom stereocenters. The lowest BCUT2D eigenvalue weighted by Gasteiger charge is -2.14. The monoisotopic (exact) mass is 526 g/mol. The number of carbonyl (C=O) groups is 2. The van der Waals surface area contributed by atoms with Crippen molar-refractivity contribution < 1.29 is 50.7 Å². The zero-order valence-electron chi connectivity index (χ0n) is 19.6. The number of likely N-dealkylation sites (N-methyl/N-ethyl adjacent to an activating group) is 1. The number of alkyl halides is 6. The molecule has 0 saturated carbocycles. The van der Waals surface area contributed by atoms with Gasteiger partial charge in [0.15, 0.2) is 0 Å². The van der Waals surface area contributed by atoms with E-state index < -0.39 is 24.3 Å². The van der Waals surface area contributed by atoms with Crippen molar-refractivity contribution in [1.82, 2.24) is 20.0 Å². The lowest BCUT2D eigenvalue weighted by atomic mass is 10.1. The van der Waals surface area contributed by atoms with Gasteiger partial charge in [0.05, 0.1) is 23.3 Å². The Kier molecular flexibility index (Phi) is 10.5. The van der Waals surface area contributed by atoms with Crippen LogP contribution in [0.5, 0.6) is 0 Å². The summed E-state index contributed by atoms with van der Waals surface area (Å²) in [7, 11) is 2.11. The molecule has 2 heterocycles. The zero-order chi connectivity index (χ0) is 27.8. The lowest BCUT2D eigenvalue weighted by Crippen LogP contribution is -2.21. The number of carboxylic acids is 2. The number of nitrogens with one attached hydrogen (secondary N) is 1. The van der Waals surface area contributed by atoms with Crippen LogP contribution in [0, 0.1) is 20.8 Å². The Labute approximate surface area is 200 Å². The summed E-state index contributed by atoms with van der Waals surface area (Å²) in [5.41, 5.74) is 5.58. The molecule has 3 rings (SSSR count). The Morgan fingerprint density at radius 2 is 1.56 bits per heavy atom. The molecule has 0 spiro atoms. The number of nitrogens with zero attached hydrogens (tertiary/aromatic N) is 3. The first-order valence-corrected chi connectivity index (χ1v) is 10.1. The number of aryl methyl sites for hydroxylation is 3. The van der Waals surface area contributed by atoms with Gasteiger partial charge in [0.25, 0.3) is 0 Å². The summed E-state index contributed by atoms with van der Waals surface area (Å²) in [5.74, 6) is -3.59. The Morgan fingerprint density at radius 3 is 1.97 bits per heavy atom. The number of aromatic nitrogens is 3. The van der Waals surface area contributed by atoms with E-state index in [4.69, 9.17) is 29.3 Å². The van der Waals surface area contributed by atoms with Crippen molar-refractivity contribution in [2.24, 2.45) is 0 Å². The number of rotatable bonds is 5. The molecule has 0 aliphatic rings. The van der Waals surface area contributed by atoms with Crippen molar-refractivity contribution in [3.8, 4) is 0 Å². The highest BCUT2D eigenvalue weighted by Crippen LogP contribution is 2.17. The number of imidazole rings is 1. The smallest absolute Gasteiger partial charge is 0.475 e. The molecule has 9 nitrogen and oxygen atoms in total. The third kappa shape index (κ3) is 9.56. The maximum atomic E-state index is 10.6. The van der Waals surface area contributed by atoms with Crippen LogP contribution in [0.4, 0.5) is 26.3 Å². The minimum absolute atomic E-state index is 0.803. The van der Waals surface area contributed by atoms with Gasteiger partial charge in [0.2, 0.25) is 0 Å². The number of para-hydroxylation sites is 1. The molecule has 0 amide bonds. The standard InChI is InChI=1S/C17H22N4O.2C2HF3O2/c1-11-6-5-7-15-17(11)19-16(18-15)10-21(4)9-8-14-12(2)20-22-13(14)3;2*3-2(4,5)1(6)7/h5-7H,8-10H2,1-4H3,(H,18,19);2*(H,6,7). The highest BCUT2D eigenvalue weighted by Gasteiger charge is 2.38. The molecule has 0 bridgehead atoms. The first kappa shape index (κ1) is 30.4. The van der Waals surface area contributed by atoms with Crippen molar-refractivity contribution in [2.75, 3.05) is 13.6 Å². The fourth-order valence-corrected chi connectivity index (χ4v) is 2.80. The number of carboxylic acid groups (broad SMARTS) is 2. The van der Waals surface area contributed by atoms with Crippen LogP contribution in [-0.4, -0.2) is 68.1 Å². The van der Waals surface area contributed by atoms with E-state index in [1.54, 1.807) is 0 Å². The number of H-pyrrole nitrogens is 1. The van der Waals surface area contributed by atoms with E-state index in [1.807, 2.05) is 13.8 Å². The first-order chi connectivity index (χ1) is 16.4. The Balaban J connectivity index is 0.000000383. The number of aliphatic carboxylic acids is 2. The van der Waals surface area contributed by atoms with Crippen LogP contribution in [0.1, 0.15) is 28.4 Å². The van der Waals surface area contributed by atoms with Gasteiger partial charge in [-0.3, -0.25) is 4.90 Å². The second kappa shape index (κ2) is 12.4. The summed E-state index contributed by atoms with van der Waals surface area (Å²) in [6, 6.07) is 6.22. The molecule has 0 saturated heterocycles. The largest absolute Gasteiger partial charge is 0.490 e. The molecule has 0 aliphatic carbocycles. The summed E-state index contributed by atoms with van der Waals surface area (Å²) in [6.45, 7) is 7.80. The molecule has 2 aromatic heterocycles. The molecule has 0 aliphatic heterocycles. The van der Waals surface area contributed by atoms with Gasteiger partial charge >= 0.3 is 24.3 Å². The fraction of sp³-hybridized carbons (Fsp3) is 0.429. The highest BCUT2D eigenvalue weighted by atomic mass is 19.4. The predicted molar refractivity (Wildman–Crippen MR) is 114 cm³/mol. The summed E-state index contributed by atoms with van der Waals surface area (Å²) in [5, 5.41) is 18.3. The van der Waals surface area contributed by atoms with Gasteiger partial charge in [0.1, 0.15) is 11.6 Å². The van der Waals surface area contributed by atoms with E-state index in [1.165, 1.54) is 11.1 Å². The van der Waals surface area contributed by atoms with Gasteiger partial charge in [-0.2, -0.15) is 26.3 Å². The van der Waals surface area contributed by atoms with E-state index in [9.17, 15) is 26.3 Å². The quantitative estimate of drug-likeness (QED) is 0.417. The fourth-order valence-electron chi connectivity index (χ4n) is 2.80. The Bertz CT molecular complexity index is 1130. The van der Waals surface area contributed by atoms with Crippen molar-refractivity contribution in [3.05, 3.63) is 46.6 Å². The van der Waals surface area contributed by atoms with Crippen molar-refractivity contribution in [2.45, 2.75) is 46.1 Å². The first-order valence-electron chi connectivity index (χ1n) is 10.1. The summed E-state index contributed by atoms with van der Waals surface area (Å²) in [6.07, 6.45) is -9.23. The molecular formula is C21H24F6N4O5. The topological polar surface area (TPSA) is 133 Å². The van der Waals surface area contributed by atoms with Gasteiger partial charge in [-0.15, -0.1) is 0 Å². The third-order valence-electron chi connectivity index (χ3n) is 4.59. The van der Waals surface area contributed by atoms with Crippen LogP contribution < -0.4 is 0 Å². The lowest BCUT2D eigenvalue weighted by molar-refractivity contribution is -0.193. The van der Waals surface area contributed by atoms with Gasteiger partial charge in [0, 0.05) is 12.1 Å². The van der Waals surface area contributed by atoms with E-state index >= 15 is 0 Å². The summed E-state index contributed by atoms with van der Waals surface area (Å²) < 4.78 is 68.7. The van der Waals surface area contributed by atoms with Gasteiger partial charge < -0.3 is 19.7 Å². The molecule has 36 heavy (non-hydrogen) atoms. The average Bonchev–Trinajstić information content (AvgIpc) is 3.29. The van der Waals surface area contributed by atoms with Crippen molar-refractivity contribution >= 4 is 23.0 Å². The van der Waals surface area contributed by atoms with Crippen molar-refractivity contribution in [1.29, 1.82) is 0 Å². The molecule has 15 heteroatoms. The summed E-state index contributed by atoms with van der Waals surface area (Å²) >= 11 is 0. The van der Waals surface area contributed by atoms with E-state index in [2.05, 4.69) is 47.2 Å². The van der Waals surface area contributed by atoms with Crippen LogP contribution in [0.15, 0.2) is 22.7 Å². The SMILES string of the molecule is Cc1noc(C)c1CCN(C)Cc1nc2c(C)cccc2[nH]1.O=C(O)C(F)(F)F.O=C(O)C(F)(F)F. The third-order valence-corrected chi connectivity index (χ3v) is 4.59. The van der Waals surface area contributed by atoms with Crippen LogP contribution in [0.3, 0.4) is 0 Å². The van der Waals surface area contributed by atoms with Gasteiger partial charge in [-0.1, -0.05) is 17.3 Å². The molecule has 1 aromatic carbocycles. The van der Waals surface area contributed by atoms with Crippen molar-refractivity contribution in [3.63, 3.8) is 0 Å². The second-order valence-electron chi connectivity index (χ2n) is 7.55.